The third-order valence-electron chi connectivity index (χ3n) is 2.22. The summed E-state index contributed by atoms with van der Waals surface area (Å²) in [5.41, 5.74) is 6.66. The predicted molar refractivity (Wildman–Crippen MR) is 79.7 cm³/mol. The van der Waals surface area contributed by atoms with Crippen molar-refractivity contribution in [2.75, 3.05) is 5.73 Å². The smallest absolute Gasteiger partial charge is 0.339 e. The highest BCUT2D eigenvalue weighted by atomic mass is 79.9. The van der Waals surface area contributed by atoms with Crippen molar-refractivity contribution in [1.29, 1.82) is 0 Å². The van der Waals surface area contributed by atoms with Gasteiger partial charge in [-0.25, -0.2) is 4.79 Å². The molecule has 0 aliphatic rings. The molecule has 0 fully saturated rings. The maximum atomic E-state index is 11.9. The van der Waals surface area contributed by atoms with Crippen molar-refractivity contribution in [3.05, 3.63) is 49.0 Å². The molecule has 6 heteroatoms. The van der Waals surface area contributed by atoms with Gasteiger partial charge >= 0.3 is 5.97 Å². The van der Waals surface area contributed by atoms with Crippen LogP contribution in [0.1, 0.15) is 15.2 Å². The first-order chi connectivity index (χ1) is 8.58. The highest BCUT2D eigenvalue weighted by Gasteiger charge is 2.13. The molecule has 1 heterocycles. The van der Waals surface area contributed by atoms with Crippen LogP contribution in [0.15, 0.2) is 38.6 Å². The number of hydrogen-bond donors (Lipinski definition) is 1. The number of carbonyl (C=O) groups excluding carboxylic acids is 1. The minimum Gasteiger partial charge on any atom is -0.456 e. The van der Waals surface area contributed by atoms with Crippen LogP contribution >= 0.6 is 43.2 Å². The van der Waals surface area contributed by atoms with E-state index in [0.717, 1.165) is 8.66 Å². The lowest BCUT2D eigenvalue weighted by Crippen LogP contribution is -2.06. The normalized spacial score (nSPS) is 10.3. The van der Waals surface area contributed by atoms with Crippen molar-refractivity contribution in [2.24, 2.45) is 0 Å². The van der Waals surface area contributed by atoms with Gasteiger partial charge in [0.1, 0.15) is 6.61 Å². The summed E-state index contributed by atoms with van der Waals surface area (Å²) >= 11 is 8.17. The van der Waals surface area contributed by atoms with Crippen molar-refractivity contribution in [1.82, 2.24) is 0 Å². The van der Waals surface area contributed by atoms with E-state index in [-0.39, 0.29) is 6.61 Å². The van der Waals surface area contributed by atoms with Gasteiger partial charge < -0.3 is 10.5 Å². The van der Waals surface area contributed by atoms with Crippen molar-refractivity contribution in [3.8, 4) is 0 Å². The number of halogens is 2. The van der Waals surface area contributed by atoms with Crippen molar-refractivity contribution < 1.29 is 9.53 Å². The molecule has 94 valence electrons. The Morgan fingerprint density at radius 2 is 2.06 bits per heavy atom. The monoisotopic (exact) mass is 389 g/mol. The molecule has 0 spiro atoms. The Bertz CT molecular complexity index is 583. The van der Waals surface area contributed by atoms with Crippen molar-refractivity contribution in [2.45, 2.75) is 6.61 Å². The molecule has 0 aliphatic carbocycles. The van der Waals surface area contributed by atoms with Gasteiger partial charge in [0.25, 0.3) is 0 Å². The number of nitrogen functional groups attached to an aromatic ring is 1. The molecule has 2 rings (SSSR count). The van der Waals surface area contributed by atoms with E-state index < -0.39 is 5.97 Å². The molecule has 0 atom stereocenters. The second-order valence-electron chi connectivity index (χ2n) is 3.49. The van der Waals surface area contributed by atoms with Crippen LogP contribution in [0.3, 0.4) is 0 Å². The van der Waals surface area contributed by atoms with Gasteiger partial charge in [0, 0.05) is 10.6 Å². The minimum absolute atomic E-state index is 0.260. The molecule has 0 saturated carbocycles. The van der Waals surface area contributed by atoms with Gasteiger partial charge in [0.05, 0.1) is 13.8 Å². The Hall–Kier alpha value is -0.850. The molecule has 0 amide bonds. The number of nitrogens with two attached hydrogens (primary N) is 1. The molecule has 3 nitrogen and oxygen atoms in total. The summed E-state index contributed by atoms with van der Waals surface area (Å²) in [6, 6.07) is 8.95. The molecule has 1 aromatic carbocycles. The fourth-order valence-corrected chi connectivity index (χ4v) is 3.17. The summed E-state index contributed by atoms with van der Waals surface area (Å²) in [7, 11) is 0. The van der Waals surface area contributed by atoms with Crippen molar-refractivity contribution in [3.63, 3.8) is 0 Å². The first-order valence-electron chi connectivity index (χ1n) is 5.03. The van der Waals surface area contributed by atoms with E-state index in [0.29, 0.717) is 15.7 Å². The SMILES string of the molecule is Nc1cccc(C(=O)OCc2ccc(Br)s2)c1Br. The standard InChI is InChI=1S/C12H9Br2NO2S/c13-10-5-4-7(18-10)6-17-12(16)8-2-1-3-9(15)11(8)14/h1-5H,6,15H2. The van der Waals surface area contributed by atoms with E-state index in [1.165, 1.54) is 11.3 Å². The lowest BCUT2D eigenvalue weighted by atomic mass is 10.2. The number of benzene rings is 1. The van der Waals surface area contributed by atoms with E-state index in [2.05, 4.69) is 31.9 Å². The van der Waals surface area contributed by atoms with Gasteiger partial charge in [-0.15, -0.1) is 11.3 Å². The molecule has 0 unspecified atom stereocenters. The van der Waals surface area contributed by atoms with E-state index in [1.54, 1.807) is 18.2 Å². The second kappa shape index (κ2) is 5.86. The molecule has 0 radical (unpaired) electrons. The van der Waals surface area contributed by atoms with E-state index in [1.807, 2.05) is 12.1 Å². The Morgan fingerprint density at radius 1 is 1.28 bits per heavy atom. The van der Waals surface area contributed by atoms with Crippen LogP contribution in [0.2, 0.25) is 0 Å². The van der Waals surface area contributed by atoms with E-state index >= 15 is 0 Å². The molecular weight excluding hydrogens is 382 g/mol. The zero-order valence-electron chi connectivity index (χ0n) is 9.15. The van der Waals surface area contributed by atoms with Gasteiger partial charge in [-0.05, 0) is 56.1 Å². The highest BCUT2D eigenvalue weighted by Crippen LogP contribution is 2.26. The van der Waals surface area contributed by atoms with Gasteiger partial charge in [-0.2, -0.15) is 0 Å². The summed E-state index contributed by atoms with van der Waals surface area (Å²) in [6.45, 7) is 0.260. The number of hydrogen-bond acceptors (Lipinski definition) is 4. The fraction of sp³-hybridized carbons (Fsp3) is 0.0833. The first-order valence-corrected chi connectivity index (χ1v) is 7.43. The van der Waals surface area contributed by atoms with Crippen LogP contribution in [0, 0.1) is 0 Å². The van der Waals surface area contributed by atoms with E-state index in [4.69, 9.17) is 10.5 Å². The maximum absolute atomic E-state index is 11.9. The number of anilines is 1. The fourth-order valence-electron chi connectivity index (χ4n) is 1.35. The largest absolute Gasteiger partial charge is 0.456 e. The van der Waals surface area contributed by atoms with Gasteiger partial charge in [-0.3, -0.25) is 0 Å². The number of carbonyl (C=O) groups is 1. The Morgan fingerprint density at radius 3 is 2.72 bits per heavy atom. The van der Waals surface area contributed by atoms with Gasteiger partial charge in [0.2, 0.25) is 0 Å². The van der Waals surface area contributed by atoms with E-state index in [9.17, 15) is 4.79 Å². The van der Waals surface area contributed by atoms with Gasteiger partial charge in [-0.1, -0.05) is 6.07 Å². The first kappa shape index (κ1) is 13.6. The summed E-state index contributed by atoms with van der Waals surface area (Å²) in [5.74, 6) is -0.390. The highest BCUT2D eigenvalue weighted by molar-refractivity contribution is 9.11. The quantitative estimate of drug-likeness (QED) is 0.630. The number of rotatable bonds is 3. The summed E-state index contributed by atoms with van der Waals surface area (Å²) in [4.78, 5) is 12.9. The lowest BCUT2D eigenvalue weighted by Gasteiger charge is -2.06. The topological polar surface area (TPSA) is 52.3 Å². The maximum Gasteiger partial charge on any atom is 0.339 e. The third-order valence-corrected chi connectivity index (χ3v) is 4.71. The molecule has 2 N–H and O–H groups in total. The zero-order chi connectivity index (χ0) is 13.1. The molecule has 2 aromatic rings. The zero-order valence-corrected chi connectivity index (χ0v) is 13.1. The number of ether oxygens (including phenoxy) is 1. The molecular formula is C12H9Br2NO2S. The van der Waals surface area contributed by atoms with Crippen LogP contribution in [-0.2, 0) is 11.3 Å². The van der Waals surface area contributed by atoms with Crippen molar-refractivity contribution >= 4 is 54.9 Å². The number of esters is 1. The Labute approximate surface area is 125 Å². The average molecular weight is 391 g/mol. The summed E-state index contributed by atoms with van der Waals surface area (Å²) < 4.78 is 6.81. The second-order valence-corrected chi connectivity index (χ2v) is 6.83. The summed E-state index contributed by atoms with van der Waals surface area (Å²) in [5, 5.41) is 0. The van der Waals surface area contributed by atoms with Crippen LogP contribution in [-0.4, -0.2) is 5.97 Å². The van der Waals surface area contributed by atoms with Crippen LogP contribution in [0.5, 0.6) is 0 Å². The predicted octanol–water partition coefficient (Wildman–Crippen LogP) is 4.21. The van der Waals surface area contributed by atoms with Crippen LogP contribution in [0.25, 0.3) is 0 Å². The average Bonchev–Trinajstić information content (AvgIpc) is 2.76. The molecule has 1 aromatic heterocycles. The van der Waals surface area contributed by atoms with Crippen LogP contribution < -0.4 is 5.73 Å². The molecule has 0 saturated heterocycles. The van der Waals surface area contributed by atoms with Gasteiger partial charge in [0.15, 0.2) is 0 Å². The molecule has 0 bridgehead atoms. The van der Waals surface area contributed by atoms with Crippen LogP contribution in [0.4, 0.5) is 5.69 Å². The summed E-state index contributed by atoms with van der Waals surface area (Å²) in [6.07, 6.45) is 0. The third kappa shape index (κ3) is 3.13. The minimum atomic E-state index is -0.390. The number of thiophene rings is 1. The lowest BCUT2D eigenvalue weighted by molar-refractivity contribution is 0.0476. The molecule has 18 heavy (non-hydrogen) atoms. The Kier molecular flexibility index (Phi) is 4.42. The molecule has 0 aliphatic heterocycles. The Balaban J connectivity index is 2.06.